The molecule has 0 aromatic heterocycles. The highest BCUT2D eigenvalue weighted by Crippen LogP contribution is 2.39. The zero-order valence-electron chi connectivity index (χ0n) is 14.6. The van der Waals surface area contributed by atoms with Crippen molar-refractivity contribution in [3.63, 3.8) is 0 Å². The van der Waals surface area contributed by atoms with Crippen LogP contribution in [0, 0.1) is 25.2 Å². The molecule has 0 amide bonds. The normalized spacial score (nSPS) is 20.4. The summed E-state index contributed by atoms with van der Waals surface area (Å²) in [4.78, 5) is 0. The van der Waals surface area contributed by atoms with Crippen LogP contribution >= 0.6 is 0 Å². The average Bonchev–Trinajstić information content (AvgIpc) is 2.42. The van der Waals surface area contributed by atoms with Crippen LogP contribution < -0.4 is 5.32 Å². The van der Waals surface area contributed by atoms with E-state index in [1.54, 1.807) is 0 Å². The molecule has 1 aromatic carbocycles. The van der Waals surface area contributed by atoms with Crippen molar-refractivity contribution in [2.24, 2.45) is 11.3 Å². The van der Waals surface area contributed by atoms with Crippen LogP contribution in [0.3, 0.4) is 0 Å². The van der Waals surface area contributed by atoms with E-state index < -0.39 is 0 Å². The molecule has 0 bridgehead atoms. The number of nitrogens with one attached hydrogen (secondary N) is 1. The molecule has 1 aliphatic rings. The maximum atomic E-state index is 3.77. The lowest BCUT2D eigenvalue weighted by atomic mass is 9.70. The summed E-state index contributed by atoms with van der Waals surface area (Å²) < 4.78 is 0. The van der Waals surface area contributed by atoms with E-state index in [1.807, 2.05) is 0 Å². The Balaban J connectivity index is 2.07. The Hall–Kier alpha value is -0.820. The lowest BCUT2D eigenvalue weighted by Crippen LogP contribution is -2.40. The Morgan fingerprint density at radius 3 is 2.48 bits per heavy atom. The first-order valence-corrected chi connectivity index (χ1v) is 8.71. The number of aryl methyl sites for hydroxylation is 2. The quantitative estimate of drug-likeness (QED) is 0.800. The SMILES string of the molecule is CCNC(Cc1cc(C)ccc1C)C1CCC(C)(C)CC1. The van der Waals surface area contributed by atoms with Gasteiger partial charge in [-0.15, -0.1) is 0 Å². The number of rotatable bonds is 5. The van der Waals surface area contributed by atoms with Gasteiger partial charge in [0, 0.05) is 6.04 Å². The van der Waals surface area contributed by atoms with Gasteiger partial charge in [-0.3, -0.25) is 0 Å². The van der Waals surface area contributed by atoms with Crippen molar-refractivity contribution >= 4 is 0 Å². The van der Waals surface area contributed by atoms with E-state index in [2.05, 4.69) is 58.1 Å². The summed E-state index contributed by atoms with van der Waals surface area (Å²) in [6, 6.07) is 7.53. The van der Waals surface area contributed by atoms with E-state index in [9.17, 15) is 0 Å². The van der Waals surface area contributed by atoms with E-state index in [-0.39, 0.29) is 0 Å². The van der Waals surface area contributed by atoms with Gasteiger partial charge in [0.05, 0.1) is 0 Å². The lowest BCUT2D eigenvalue weighted by Gasteiger charge is -2.38. The third-order valence-corrected chi connectivity index (χ3v) is 5.36. The van der Waals surface area contributed by atoms with E-state index in [0.29, 0.717) is 11.5 Å². The molecule has 1 aliphatic carbocycles. The Labute approximate surface area is 131 Å². The molecule has 1 heteroatoms. The third kappa shape index (κ3) is 4.57. The zero-order chi connectivity index (χ0) is 15.5. The number of benzene rings is 1. The summed E-state index contributed by atoms with van der Waals surface area (Å²) in [5, 5.41) is 3.77. The maximum absolute atomic E-state index is 3.77. The Kier molecular flexibility index (Phi) is 5.48. The number of hydrogen-bond donors (Lipinski definition) is 1. The number of likely N-dealkylation sites (N-methyl/N-ethyl adjacent to an activating group) is 1. The minimum Gasteiger partial charge on any atom is -0.314 e. The standard InChI is InChI=1S/C20H33N/c1-6-21-19(17-9-11-20(4,5)12-10-17)14-18-13-15(2)7-8-16(18)3/h7-8,13,17,19,21H,6,9-12,14H2,1-5H3. The van der Waals surface area contributed by atoms with Crippen LogP contribution in [0.4, 0.5) is 0 Å². The fraction of sp³-hybridized carbons (Fsp3) is 0.700. The van der Waals surface area contributed by atoms with Gasteiger partial charge >= 0.3 is 0 Å². The van der Waals surface area contributed by atoms with Crippen LogP contribution in [0.2, 0.25) is 0 Å². The summed E-state index contributed by atoms with van der Waals surface area (Å²) in [5.74, 6) is 0.845. The summed E-state index contributed by atoms with van der Waals surface area (Å²) in [5.41, 5.74) is 4.92. The molecule has 1 nitrogen and oxygen atoms in total. The second-order valence-corrected chi connectivity index (χ2v) is 7.80. The summed E-state index contributed by atoms with van der Waals surface area (Å²) in [6.07, 6.45) is 6.72. The van der Waals surface area contributed by atoms with E-state index in [1.165, 1.54) is 48.8 Å². The largest absolute Gasteiger partial charge is 0.314 e. The van der Waals surface area contributed by atoms with E-state index >= 15 is 0 Å². The van der Waals surface area contributed by atoms with Crippen molar-refractivity contribution in [2.75, 3.05) is 6.54 Å². The highest BCUT2D eigenvalue weighted by molar-refractivity contribution is 5.31. The molecular weight excluding hydrogens is 254 g/mol. The van der Waals surface area contributed by atoms with Crippen molar-refractivity contribution in [2.45, 2.75) is 72.8 Å². The average molecular weight is 287 g/mol. The maximum Gasteiger partial charge on any atom is 0.0136 e. The molecule has 1 unspecified atom stereocenters. The van der Waals surface area contributed by atoms with Gasteiger partial charge in [-0.05, 0) is 75.0 Å². The molecule has 2 rings (SSSR count). The summed E-state index contributed by atoms with van der Waals surface area (Å²) in [6.45, 7) is 12.6. The van der Waals surface area contributed by atoms with Crippen molar-refractivity contribution in [3.05, 3.63) is 34.9 Å². The second kappa shape index (κ2) is 6.96. The Morgan fingerprint density at radius 2 is 1.86 bits per heavy atom. The fourth-order valence-corrected chi connectivity index (χ4v) is 3.75. The van der Waals surface area contributed by atoms with Crippen LogP contribution in [-0.2, 0) is 6.42 Å². The highest BCUT2D eigenvalue weighted by atomic mass is 14.9. The molecule has 0 spiro atoms. The first-order chi connectivity index (χ1) is 9.91. The Bertz CT molecular complexity index is 451. The fourth-order valence-electron chi connectivity index (χ4n) is 3.75. The van der Waals surface area contributed by atoms with Gasteiger partial charge in [0.2, 0.25) is 0 Å². The van der Waals surface area contributed by atoms with Crippen molar-refractivity contribution < 1.29 is 0 Å². The van der Waals surface area contributed by atoms with Crippen LogP contribution in [0.25, 0.3) is 0 Å². The second-order valence-electron chi connectivity index (χ2n) is 7.80. The van der Waals surface area contributed by atoms with Crippen LogP contribution in [0.5, 0.6) is 0 Å². The van der Waals surface area contributed by atoms with Gasteiger partial charge < -0.3 is 5.32 Å². The molecule has 21 heavy (non-hydrogen) atoms. The molecule has 1 atom stereocenters. The monoisotopic (exact) mass is 287 g/mol. The number of hydrogen-bond acceptors (Lipinski definition) is 1. The molecular formula is C20H33N. The predicted octanol–water partition coefficient (Wildman–Crippen LogP) is 5.04. The van der Waals surface area contributed by atoms with Crippen molar-refractivity contribution in [1.82, 2.24) is 5.32 Å². The zero-order valence-corrected chi connectivity index (χ0v) is 14.6. The van der Waals surface area contributed by atoms with Crippen LogP contribution in [0.15, 0.2) is 18.2 Å². The molecule has 0 saturated heterocycles. The first kappa shape index (κ1) is 16.5. The smallest absolute Gasteiger partial charge is 0.0136 e. The molecule has 0 radical (unpaired) electrons. The molecule has 1 N–H and O–H groups in total. The van der Waals surface area contributed by atoms with Crippen molar-refractivity contribution in [1.29, 1.82) is 0 Å². The molecule has 1 aromatic rings. The lowest BCUT2D eigenvalue weighted by molar-refractivity contribution is 0.161. The van der Waals surface area contributed by atoms with E-state index in [4.69, 9.17) is 0 Å². The molecule has 1 saturated carbocycles. The summed E-state index contributed by atoms with van der Waals surface area (Å²) >= 11 is 0. The van der Waals surface area contributed by atoms with Gasteiger partial charge in [-0.25, -0.2) is 0 Å². The van der Waals surface area contributed by atoms with Gasteiger partial charge in [0.1, 0.15) is 0 Å². The van der Waals surface area contributed by atoms with Crippen LogP contribution in [0.1, 0.15) is 63.1 Å². The van der Waals surface area contributed by atoms with Crippen LogP contribution in [-0.4, -0.2) is 12.6 Å². The third-order valence-electron chi connectivity index (χ3n) is 5.36. The highest BCUT2D eigenvalue weighted by Gasteiger charge is 2.31. The molecule has 0 aliphatic heterocycles. The molecule has 0 heterocycles. The topological polar surface area (TPSA) is 12.0 Å². The summed E-state index contributed by atoms with van der Waals surface area (Å²) in [7, 11) is 0. The van der Waals surface area contributed by atoms with E-state index in [0.717, 1.165) is 12.5 Å². The van der Waals surface area contributed by atoms with Gasteiger partial charge in [0.15, 0.2) is 0 Å². The van der Waals surface area contributed by atoms with Crippen molar-refractivity contribution in [3.8, 4) is 0 Å². The first-order valence-electron chi connectivity index (χ1n) is 8.71. The Morgan fingerprint density at radius 1 is 1.19 bits per heavy atom. The molecule has 1 fully saturated rings. The predicted molar refractivity (Wildman–Crippen MR) is 92.8 cm³/mol. The van der Waals surface area contributed by atoms with Gasteiger partial charge in [0.25, 0.3) is 0 Å². The van der Waals surface area contributed by atoms with Gasteiger partial charge in [-0.1, -0.05) is 44.5 Å². The minimum atomic E-state index is 0.562. The minimum absolute atomic E-state index is 0.562. The molecule has 118 valence electrons. The van der Waals surface area contributed by atoms with Gasteiger partial charge in [-0.2, -0.15) is 0 Å².